The van der Waals surface area contributed by atoms with E-state index in [1.54, 1.807) is 0 Å². The van der Waals surface area contributed by atoms with Gasteiger partial charge in [-0.15, -0.1) is 0 Å². The standard InChI is InChI=1S/C17H29O3PS/c1-6-11-21(12-7-2,13-8-3)17-14(4)9-10-16(15(17)5)22(18,19)20/h9-10H,6-8,11-13H2,1-5H3. The maximum absolute atomic E-state index is 11.6. The summed E-state index contributed by atoms with van der Waals surface area (Å²) in [7, 11) is -5.83. The van der Waals surface area contributed by atoms with E-state index >= 15 is 0 Å². The highest BCUT2D eigenvalue weighted by Crippen LogP contribution is 2.60. The third-order valence-corrected chi connectivity index (χ3v) is 10.8. The molecule has 0 aliphatic rings. The minimum absolute atomic E-state index is 0.0271. The summed E-state index contributed by atoms with van der Waals surface area (Å²) in [5.74, 6) is 0. The molecule has 3 nitrogen and oxygen atoms in total. The number of aryl methyl sites for hydroxylation is 1. The van der Waals surface area contributed by atoms with Gasteiger partial charge in [0.2, 0.25) is 0 Å². The Labute approximate surface area is 136 Å². The summed E-state index contributed by atoms with van der Waals surface area (Å²) < 4.78 is 34.7. The van der Waals surface area contributed by atoms with Gasteiger partial charge in [0.25, 0.3) is 0 Å². The average Bonchev–Trinajstić information content (AvgIpc) is 2.38. The Morgan fingerprint density at radius 2 is 1.41 bits per heavy atom. The van der Waals surface area contributed by atoms with Crippen molar-refractivity contribution in [3.8, 4) is 0 Å². The van der Waals surface area contributed by atoms with Gasteiger partial charge in [0.05, 0.1) is 23.4 Å². The first kappa shape index (κ1) is 19.6. The van der Waals surface area contributed by atoms with Crippen LogP contribution in [0.25, 0.3) is 0 Å². The molecule has 1 aromatic carbocycles. The molecule has 0 saturated carbocycles. The van der Waals surface area contributed by atoms with Crippen molar-refractivity contribution < 1.29 is 13.0 Å². The minimum atomic E-state index is -4.41. The molecule has 0 aliphatic heterocycles. The highest BCUT2D eigenvalue weighted by molar-refractivity contribution is 7.86. The quantitative estimate of drug-likeness (QED) is 0.527. The Hall–Kier alpha value is -0.440. The van der Waals surface area contributed by atoms with Crippen molar-refractivity contribution in [1.82, 2.24) is 0 Å². The Balaban J connectivity index is 3.66. The molecule has 0 unspecified atom stereocenters. The Bertz CT molecular complexity index is 592. The van der Waals surface area contributed by atoms with Crippen molar-refractivity contribution in [2.24, 2.45) is 0 Å². The van der Waals surface area contributed by atoms with Crippen LogP contribution in [0.4, 0.5) is 0 Å². The van der Waals surface area contributed by atoms with Crippen LogP contribution < -0.4 is 5.30 Å². The van der Waals surface area contributed by atoms with E-state index in [0.29, 0.717) is 5.56 Å². The van der Waals surface area contributed by atoms with E-state index in [4.69, 9.17) is 0 Å². The van der Waals surface area contributed by atoms with Gasteiger partial charge >= 0.3 is 0 Å². The van der Waals surface area contributed by atoms with Gasteiger partial charge in [-0.05, 0) is 44.7 Å². The maximum Gasteiger partial charge on any atom is 0.124 e. The predicted molar refractivity (Wildman–Crippen MR) is 95.9 cm³/mol. The highest BCUT2D eigenvalue weighted by atomic mass is 32.2. The van der Waals surface area contributed by atoms with E-state index in [1.165, 1.54) is 11.4 Å². The predicted octanol–water partition coefficient (Wildman–Crippen LogP) is 4.08. The van der Waals surface area contributed by atoms with Crippen LogP contribution >= 0.6 is 7.26 Å². The molecule has 0 aromatic heterocycles. The summed E-state index contributed by atoms with van der Waals surface area (Å²) in [6.07, 6.45) is 6.71. The van der Waals surface area contributed by atoms with Crippen LogP contribution in [-0.2, 0) is 10.1 Å². The lowest BCUT2D eigenvalue weighted by Crippen LogP contribution is -2.26. The van der Waals surface area contributed by atoms with Gasteiger partial charge in [0, 0.05) is 12.8 Å². The first-order valence-electron chi connectivity index (χ1n) is 8.16. The van der Waals surface area contributed by atoms with Gasteiger partial charge in [0.1, 0.15) is 15.4 Å². The molecular weight excluding hydrogens is 315 g/mol. The SMILES string of the molecule is CCC[P+](CCC)(CCC)c1c(C)ccc(S(=O)(=O)[O-])c1C. The summed E-state index contributed by atoms with van der Waals surface area (Å²) in [5, 5.41) is 1.20. The lowest BCUT2D eigenvalue weighted by Gasteiger charge is -2.30. The van der Waals surface area contributed by atoms with E-state index in [-0.39, 0.29) is 4.90 Å². The van der Waals surface area contributed by atoms with Crippen molar-refractivity contribution in [2.45, 2.75) is 58.8 Å². The summed E-state index contributed by atoms with van der Waals surface area (Å²) in [5.41, 5.74) is 1.85. The first-order chi connectivity index (χ1) is 10.2. The molecule has 0 saturated heterocycles. The topological polar surface area (TPSA) is 57.2 Å². The Morgan fingerprint density at radius 3 is 1.77 bits per heavy atom. The summed E-state index contributed by atoms with van der Waals surface area (Å²) in [6.45, 7) is 10.5. The van der Waals surface area contributed by atoms with Crippen molar-refractivity contribution in [3.63, 3.8) is 0 Å². The normalized spacial score (nSPS) is 12.6. The second-order valence-electron chi connectivity index (χ2n) is 6.12. The number of rotatable bonds is 8. The second kappa shape index (κ2) is 7.90. The molecule has 0 bridgehead atoms. The van der Waals surface area contributed by atoms with Gasteiger partial charge in [-0.3, -0.25) is 0 Å². The second-order valence-corrected chi connectivity index (χ2v) is 11.6. The maximum atomic E-state index is 11.6. The van der Waals surface area contributed by atoms with Crippen molar-refractivity contribution in [2.75, 3.05) is 18.5 Å². The van der Waals surface area contributed by atoms with Crippen molar-refractivity contribution >= 4 is 22.7 Å². The first-order valence-corrected chi connectivity index (χ1v) is 11.9. The molecule has 1 aromatic rings. The zero-order valence-corrected chi connectivity index (χ0v) is 16.2. The summed E-state index contributed by atoms with van der Waals surface area (Å²) >= 11 is 0. The van der Waals surface area contributed by atoms with E-state index in [1.807, 2.05) is 13.0 Å². The molecule has 5 heteroatoms. The van der Waals surface area contributed by atoms with Gasteiger partial charge in [-0.25, -0.2) is 8.42 Å². The van der Waals surface area contributed by atoms with Gasteiger partial charge < -0.3 is 4.55 Å². The van der Waals surface area contributed by atoms with Gasteiger partial charge in [0.15, 0.2) is 0 Å². The van der Waals surface area contributed by atoms with Crippen LogP contribution in [0.1, 0.15) is 51.2 Å². The minimum Gasteiger partial charge on any atom is -0.744 e. The van der Waals surface area contributed by atoms with E-state index in [0.717, 1.165) is 43.3 Å². The largest absolute Gasteiger partial charge is 0.744 e. The lowest BCUT2D eigenvalue weighted by molar-refractivity contribution is 0.462. The monoisotopic (exact) mass is 344 g/mol. The zero-order chi connectivity index (χ0) is 17.0. The molecule has 0 N–H and O–H groups in total. The van der Waals surface area contributed by atoms with Crippen LogP contribution in [0.3, 0.4) is 0 Å². The van der Waals surface area contributed by atoms with Crippen LogP contribution in [0.2, 0.25) is 0 Å². The van der Waals surface area contributed by atoms with E-state index in [2.05, 4.69) is 27.7 Å². The van der Waals surface area contributed by atoms with E-state index in [9.17, 15) is 13.0 Å². The fourth-order valence-electron chi connectivity index (χ4n) is 3.77. The van der Waals surface area contributed by atoms with Crippen LogP contribution in [-0.4, -0.2) is 31.5 Å². The average molecular weight is 344 g/mol. The smallest absolute Gasteiger partial charge is 0.124 e. The van der Waals surface area contributed by atoms with Crippen molar-refractivity contribution in [3.05, 3.63) is 23.3 Å². The summed E-state index contributed by atoms with van der Waals surface area (Å²) in [6, 6.07) is 3.30. The molecule has 0 aliphatic carbocycles. The Kier molecular flexibility index (Phi) is 7.04. The molecule has 0 heterocycles. The molecule has 0 fully saturated rings. The molecule has 1 rings (SSSR count). The van der Waals surface area contributed by atoms with Crippen LogP contribution in [0, 0.1) is 13.8 Å². The highest BCUT2D eigenvalue weighted by Gasteiger charge is 2.40. The molecule has 0 radical (unpaired) electrons. The van der Waals surface area contributed by atoms with Crippen molar-refractivity contribution in [1.29, 1.82) is 0 Å². The molecule has 0 atom stereocenters. The fraction of sp³-hybridized carbons (Fsp3) is 0.647. The van der Waals surface area contributed by atoms with E-state index < -0.39 is 17.4 Å². The molecule has 22 heavy (non-hydrogen) atoms. The van der Waals surface area contributed by atoms with Crippen LogP contribution in [0.15, 0.2) is 17.0 Å². The summed E-state index contributed by atoms with van der Waals surface area (Å²) in [4.78, 5) is -0.0271. The lowest BCUT2D eigenvalue weighted by atomic mass is 10.1. The van der Waals surface area contributed by atoms with Crippen LogP contribution in [0.5, 0.6) is 0 Å². The Morgan fingerprint density at radius 1 is 0.955 bits per heavy atom. The number of benzene rings is 1. The molecular formula is C17H29O3PS. The third kappa shape index (κ3) is 4.10. The fourth-order valence-corrected chi connectivity index (χ4v) is 10.1. The number of hydrogen-bond donors (Lipinski definition) is 0. The molecule has 126 valence electrons. The zero-order valence-electron chi connectivity index (χ0n) is 14.5. The third-order valence-electron chi connectivity index (χ3n) is 4.28. The molecule has 0 spiro atoms. The molecule has 0 amide bonds. The van der Waals surface area contributed by atoms with Gasteiger partial charge in [-0.1, -0.05) is 26.8 Å². The van der Waals surface area contributed by atoms with Gasteiger partial charge in [-0.2, -0.15) is 0 Å². The number of hydrogen-bond acceptors (Lipinski definition) is 3.